The van der Waals surface area contributed by atoms with E-state index in [1.54, 1.807) is 12.1 Å². The summed E-state index contributed by atoms with van der Waals surface area (Å²) in [5, 5.41) is 0. The second-order valence-corrected chi connectivity index (χ2v) is 7.23. The Hall–Kier alpha value is -2.22. The van der Waals surface area contributed by atoms with Crippen LogP contribution >= 0.6 is 0 Å². The Labute approximate surface area is 155 Å². The first kappa shape index (κ1) is 18.6. The van der Waals surface area contributed by atoms with Crippen molar-refractivity contribution in [2.45, 2.75) is 39.5 Å². The van der Waals surface area contributed by atoms with Gasteiger partial charge in [-0.05, 0) is 47.8 Å². The molecule has 0 heterocycles. The van der Waals surface area contributed by atoms with E-state index in [1.165, 1.54) is 12.8 Å². The number of hydrogen-bond donors (Lipinski definition) is 0. The SMILES string of the molecule is CCCc1ccc(-c2ccc(/C=C/C3C=CC(C)CC3)cc2)c(F)c1F. The zero-order valence-electron chi connectivity index (χ0n) is 15.5. The van der Waals surface area contributed by atoms with Crippen LogP contribution in [0, 0.1) is 23.5 Å². The smallest absolute Gasteiger partial charge is 0.166 e. The maximum absolute atomic E-state index is 14.4. The average Bonchev–Trinajstić information content (AvgIpc) is 2.66. The summed E-state index contributed by atoms with van der Waals surface area (Å²) in [6, 6.07) is 11.0. The van der Waals surface area contributed by atoms with Crippen LogP contribution in [0.5, 0.6) is 0 Å². The predicted molar refractivity (Wildman–Crippen MR) is 106 cm³/mol. The first-order valence-electron chi connectivity index (χ1n) is 9.52. The number of rotatable bonds is 5. The number of allylic oxidation sites excluding steroid dienone is 3. The lowest BCUT2D eigenvalue weighted by Crippen LogP contribution is -2.03. The summed E-state index contributed by atoms with van der Waals surface area (Å²) in [6.07, 6.45) is 12.6. The molecule has 26 heavy (non-hydrogen) atoms. The van der Waals surface area contributed by atoms with Gasteiger partial charge in [0.05, 0.1) is 0 Å². The van der Waals surface area contributed by atoms with Crippen LogP contribution in [0.4, 0.5) is 8.78 Å². The van der Waals surface area contributed by atoms with Gasteiger partial charge < -0.3 is 0 Å². The van der Waals surface area contributed by atoms with Crippen molar-refractivity contribution in [3.05, 3.63) is 77.4 Å². The minimum Gasteiger partial charge on any atom is -0.203 e. The molecule has 2 atom stereocenters. The third-order valence-corrected chi connectivity index (χ3v) is 5.08. The van der Waals surface area contributed by atoms with Crippen LogP contribution in [-0.2, 0) is 6.42 Å². The zero-order valence-corrected chi connectivity index (χ0v) is 15.5. The van der Waals surface area contributed by atoms with E-state index in [9.17, 15) is 8.78 Å². The fourth-order valence-electron chi connectivity index (χ4n) is 3.42. The normalized spacial score (nSPS) is 20.0. The van der Waals surface area contributed by atoms with Crippen LogP contribution < -0.4 is 0 Å². The van der Waals surface area contributed by atoms with E-state index in [-0.39, 0.29) is 0 Å². The second kappa shape index (κ2) is 8.44. The highest BCUT2D eigenvalue weighted by Gasteiger charge is 2.14. The highest BCUT2D eigenvalue weighted by atomic mass is 19.2. The van der Waals surface area contributed by atoms with Gasteiger partial charge in [-0.25, -0.2) is 8.78 Å². The summed E-state index contributed by atoms with van der Waals surface area (Å²) < 4.78 is 28.6. The van der Waals surface area contributed by atoms with E-state index in [1.807, 2.05) is 31.2 Å². The third kappa shape index (κ3) is 4.30. The summed E-state index contributed by atoms with van der Waals surface area (Å²) >= 11 is 0. The molecule has 2 heteroatoms. The van der Waals surface area contributed by atoms with Gasteiger partial charge >= 0.3 is 0 Å². The van der Waals surface area contributed by atoms with Crippen LogP contribution in [0.1, 0.15) is 44.2 Å². The van der Waals surface area contributed by atoms with E-state index in [0.29, 0.717) is 34.9 Å². The van der Waals surface area contributed by atoms with Gasteiger partial charge in [-0.1, -0.05) is 81.0 Å². The van der Waals surface area contributed by atoms with Crippen molar-refractivity contribution < 1.29 is 8.78 Å². The molecular weight excluding hydrogens is 326 g/mol. The summed E-state index contributed by atoms with van der Waals surface area (Å²) in [4.78, 5) is 0. The quantitative estimate of drug-likeness (QED) is 0.499. The molecule has 0 N–H and O–H groups in total. The molecule has 136 valence electrons. The van der Waals surface area contributed by atoms with E-state index < -0.39 is 11.6 Å². The van der Waals surface area contributed by atoms with Gasteiger partial charge in [-0.3, -0.25) is 0 Å². The fraction of sp³-hybridized carbons (Fsp3) is 0.333. The summed E-state index contributed by atoms with van der Waals surface area (Å²) in [6.45, 7) is 4.20. The molecule has 0 radical (unpaired) electrons. The minimum absolute atomic E-state index is 0.321. The number of hydrogen-bond acceptors (Lipinski definition) is 0. The molecule has 0 aliphatic heterocycles. The fourth-order valence-corrected chi connectivity index (χ4v) is 3.42. The standard InChI is InChI=1S/C24H26F2/c1-3-4-21-15-16-22(24(26)23(21)25)20-13-11-19(12-14-20)10-9-18-7-5-17(2)6-8-18/h5,7,9-18H,3-4,6,8H2,1-2H3/b10-9+. The molecule has 2 aromatic rings. The molecule has 0 amide bonds. The van der Waals surface area contributed by atoms with Crippen LogP contribution in [0.15, 0.2) is 54.6 Å². The predicted octanol–water partition coefficient (Wildman–Crippen LogP) is 7.20. The van der Waals surface area contributed by atoms with Crippen molar-refractivity contribution in [1.29, 1.82) is 0 Å². The Morgan fingerprint density at radius 3 is 2.38 bits per heavy atom. The molecule has 0 bridgehead atoms. The molecule has 0 saturated heterocycles. The van der Waals surface area contributed by atoms with Crippen molar-refractivity contribution in [3.63, 3.8) is 0 Å². The second-order valence-electron chi connectivity index (χ2n) is 7.23. The third-order valence-electron chi connectivity index (χ3n) is 5.08. The Morgan fingerprint density at radius 1 is 0.962 bits per heavy atom. The topological polar surface area (TPSA) is 0 Å². The maximum Gasteiger partial charge on any atom is 0.166 e. The molecule has 0 nitrogen and oxygen atoms in total. The van der Waals surface area contributed by atoms with E-state index in [0.717, 1.165) is 12.0 Å². The lowest BCUT2D eigenvalue weighted by atomic mass is 9.89. The van der Waals surface area contributed by atoms with Crippen molar-refractivity contribution >= 4 is 6.08 Å². The number of halogens is 2. The average molecular weight is 352 g/mol. The summed E-state index contributed by atoms with van der Waals surface area (Å²) in [5.41, 5.74) is 2.54. The highest BCUT2D eigenvalue weighted by molar-refractivity contribution is 5.67. The maximum atomic E-state index is 14.4. The highest BCUT2D eigenvalue weighted by Crippen LogP contribution is 2.28. The Balaban J connectivity index is 1.75. The van der Waals surface area contributed by atoms with Gasteiger partial charge in [0.1, 0.15) is 0 Å². The Morgan fingerprint density at radius 2 is 1.73 bits per heavy atom. The molecule has 0 saturated carbocycles. The molecule has 0 spiro atoms. The van der Waals surface area contributed by atoms with Crippen LogP contribution in [0.25, 0.3) is 17.2 Å². The molecule has 1 aliphatic carbocycles. The summed E-state index contributed by atoms with van der Waals surface area (Å²) in [5.74, 6) is -0.297. The molecule has 3 rings (SSSR count). The van der Waals surface area contributed by atoms with Gasteiger partial charge in [0.25, 0.3) is 0 Å². The summed E-state index contributed by atoms with van der Waals surface area (Å²) in [7, 11) is 0. The lowest BCUT2D eigenvalue weighted by molar-refractivity contribution is 0.500. The van der Waals surface area contributed by atoms with Crippen molar-refractivity contribution in [2.24, 2.45) is 11.8 Å². The van der Waals surface area contributed by atoms with Gasteiger partial charge in [-0.15, -0.1) is 0 Å². The van der Waals surface area contributed by atoms with Gasteiger partial charge in [0, 0.05) is 5.56 Å². The first-order valence-corrected chi connectivity index (χ1v) is 9.52. The van der Waals surface area contributed by atoms with Crippen molar-refractivity contribution in [3.8, 4) is 11.1 Å². The van der Waals surface area contributed by atoms with Gasteiger partial charge in [0.2, 0.25) is 0 Å². The molecular formula is C24H26F2. The number of aryl methyl sites for hydroxylation is 1. The first-order chi connectivity index (χ1) is 12.6. The van der Waals surface area contributed by atoms with Crippen molar-refractivity contribution in [1.82, 2.24) is 0 Å². The molecule has 0 fully saturated rings. The van der Waals surface area contributed by atoms with Crippen LogP contribution in [-0.4, -0.2) is 0 Å². The van der Waals surface area contributed by atoms with E-state index >= 15 is 0 Å². The molecule has 2 unspecified atom stereocenters. The zero-order chi connectivity index (χ0) is 18.5. The lowest BCUT2D eigenvalue weighted by Gasteiger charge is -2.17. The van der Waals surface area contributed by atoms with Gasteiger partial charge in [0.15, 0.2) is 11.6 Å². The monoisotopic (exact) mass is 352 g/mol. The largest absolute Gasteiger partial charge is 0.203 e. The Bertz CT molecular complexity index is 800. The Kier molecular flexibility index (Phi) is 6.03. The minimum atomic E-state index is -0.749. The van der Waals surface area contributed by atoms with E-state index in [2.05, 4.69) is 31.2 Å². The molecule has 2 aromatic carbocycles. The number of benzene rings is 2. The molecule has 0 aromatic heterocycles. The molecule has 1 aliphatic rings. The van der Waals surface area contributed by atoms with Crippen LogP contribution in [0.2, 0.25) is 0 Å². The van der Waals surface area contributed by atoms with Crippen molar-refractivity contribution in [2.75, 3.05) is 0 Å². The van der Waals surface area contributed by atoms with E-state index in [4.69, 9.17) is 0 Å². The van der Waals surface area contributed by atoms with Crippen LogP contribution in [0.3, 0.4) is 0 Å². The van der Waals surface area contributed by atoms with Gasteiger partial charge in [-0.2, -0.15) is 0 Å².